The lowest BCUT2D eigenvalue weighted by atomic mass is 10.3. The van der Waals surface area contributed by atoms with Gasteiger partial charge in [-0.05, 0) is 34.8 Å². The highest BCUT2D eigenvalue weighted by atomic mass is 79.9. The summed E-state index contributed by atoms with van der Waals surface area (Å²) < 4.78 is 11.5. The number of hydrogen-bond donors (Lipinski definition) is 1. The molecule has 1 aliphatic carbocycles. The van der Waals surface area contributed by atoms with Gasteiger partial charge in [-0.25, -0.2) is 0 Å². The number of phenols is 1. The summed E-state index contributed by atoms with van der Waals surface area (Å²) in [6.45, 7) is 0. The molecule has 1 fully saturated rings. The maximum Gasteiger partial charge on any atom is 0.175 e. The summed E-state index contributed by atoms with van der Waals surface area (Å²) in [5.74, 6) is 1.40. The van der Waals surface area contributed by atoms with Crippen LogP contribution in [0.2, 0.25) is 0 Å². The van der Waals surface area contributed by atoms with Crippen molar-refractivity contribution in [1.82, 2.24) is 0 Å². The lowest BCUT2D eigenvalue weighted by Crippen LogP contribution is -1.99. The monoisotopic (exact) mass is 258 g/mol. The van der Waals surface area contributed by atoms with Crippen LogP contribution in [-0.2, 0) is 0 Å². The van der Waals surface area contributed by atoms with Crippen LogP contribution in [0.4, 0.5) is 0 Å². The van der Waals surface area contributed by atoms with Crippen molar-refractivity contribution in [1.29, 1.82) is 0 Å². The quantitative estimate of drug-likeness (QED) is 0.906. The molecule has 0 heterocycles. The highest BCUT2D eigenvalue weighted by Crippen LogP contribution is 2.41. The predicted octanol–water partition coefficient (Wildman–Crippen LogP) is 2.70. The zero-order valence-electron chi connectivity index (χ0n) is 7.79. The third kappa shape index (κ3) is 1.95. The van der Waals surface area contributed by atoms with Crippen LogP contribution in [0.3, 0.4) is 0 Å². The van der Waals surface area contributed by atoms with Crippen LogP contribution < -0.4 is 9.47 Å². The zero-order chi connectivity index (χ0) is 10.1. The normalized spacial score (nSPS) is 15.3. The van der Waals surface area contributed by atoms with Crippen LogP contribution in [0.1, 0.15) is 12.8 Å². The first-order valence-electron chi connectivity index (χ1n) is 4.44. The van der Waals surface area contributed by atoms with Gasteiger partial charge in [-0.3, -0.25) is 0 Å². The summed E-state index contributed by atoms with van der Waals surface area (Å²) in [4.78, 5) is 0. The molecule has 1 aromatic rings. The molecule has 4 heteroatoms. The molecule has 1 aromatic carbocycles. The molecule has 76 valence electrons. The average molecular weight is 259 g/mol. The van der Waals surface area contributed by atoms with E-state index in [2.05, 4.69) is 15.9 Å². The van der Waals surface area contributed by atoms with E-state index >= 15 is 0 Å². The van der Waals surface area contributed by atoms with Crippen LogP contribution >= 0.6 is 15.9 Å². The minimum absolute atomic E-state index is 0.164. The summed E-state index contributed by atoms with van der Waals surface area (Å²) in [5.41, 5.74) is 0. The first-order valence-corrected chi connectivity index (χ1v) is 5.23. The second-order valence-electron chi connectivity index (χ2n) is 3.28. The van der Waals surface area contributed by atoms with Crippen LogP contribution in [0.15, 0.2) is 16.6 Å². The van der Waals surface area contributed by atoms with E-state index in [0.717, 1.165) is 17.3 Å². The van der Waals surface area contributed by atoms with Gasteiger partial charge >= 0.3 is 0 Å². The SMILES string of the molecule is COc1cc(O)cc(Br)c1OC1CC1. The van der Waals surface area contributed by atoms with E-state index in [1.54, 1.807) is 19.2 Å². The highest BCUT2D eigenvalue weighted by molar-refractivity contribution is 9.10. The van der Waals surface area contributed by atoms with Gasteiger partial charge in [-0.15, -0.1) is 0 Å². The molecule has 0 aliphatic heterocycles. The molecule has 1 saturated carbocycles. The second kappa shape index (κ2) is 3.69. The van der Waals surface area contributed by atoms with Gasteiger partial charge < -0.3 is 14.6 Å². The van der Waals surface area contributed by atoms with E-state index in [1.165, 1.54) is 0 Å². The summed E-state index contributed by atoms with van der Waals surface area (Å²) >= 11 is 3.33. The first-order chi connectivity index (χ1) is 6.70. The molecular weight excluding hydrogens is 248 g/mol. The van der Waals surface area contributed by atoms with E-state index < -0.39 is 0 Å². The Morgan fingerprint density at radius 2 is 2.14 bits per heavy atom. The van der Waals surface area contributed by atoms with E-state index in [4.69, 9.17) is 9.47 Å². The number of ether oxygens (including phenoxy) is 2. The van der Waals surface area contributed by atoms with Crippen LogP contribution in [0.25, 0.3) is 0 Å². The Balaban J connectivity index is 2.33. The van der Waals surface area contributed by atoms with Crippen LogP contribution in [0, 0.1) is 0 Å². The summed E-state index contributed by atoms with van der Waals surface area (Å²) in [6.07, 6.45) is 2.50. The number of aromatic hydroxyl groups is 1. The van der Waals surface area contributed by atoms with E-state index in [0.29, 0.717) is 17.6 Å². The first kappa shape index (κ1) is 9.65. The van der Waals surface area contributed by atoms with Crippen molar-refractivity contribution in [3.63, 3.8) is 0 Å². The molecule has 0 spiro atoms. The van der Waals surface area contributed by atoms with Crippen molar-refractivity contribution >= 4 is 15.9 Å². The second-order valence-corrected chi connectivity index (χ2v) is 4.13. The van der Waals surface area contributed by atoms with Crippen LogP contribution in [0.5, 0.6) is 17.2 Å². The fraction of sp³-hybridized carbons (Fsp3) is 0.400. The van der Waals surface area contributed by atoms with E-state index in [1.807, 2.05) is 0 Å². The van der Waals surface area contributed by atoms with Crippen molar-refractivity contribution in [2.45, 2.75) is 18.9 Å². The molecule has 0 aromatic heterocycles. The third-order valence-electron chi connectivity index (χ3n) is 2.02. The van der Waals surface area contributed by atoms with Crippen LogP contribution in [-0.4, -0.2) is 18.3 Å². The Morgan fingerprint density at radius 3 is 2.71 bits per heavy atom. The number of rotatable bonds is 3. The summed E-state index contributed by atoms with van der Waals surface area (Å²) in [6, 6.07) is 3.14. The molecule has 0 unspecified atom stereocenters. The Labute approximate surface area is 90.8 Å². The van der Waals surface area contributed by atoms with Gasteiger partial charge in [0, 0.05) is 6.07 Å². The molecule has 14 heavy (non-hydrogen) atoms. The van der Waals surface area contributed by atoms with Gasteiger partial charge in [0.15, 0.2) is 11.5 Å². The molecule has 0 amide bonds. The molecule has 1 N–H and O–H groups in total. The smallest absolute Gasteiger partial charge is 0.175 e. The molecule has 0 atom stereocenters. The van der Waals surface area contributed by atoms with E-state index in [9.17, 15) is 5.11 Å². The Hall–Kier alpha value is -0.900. The Bertz CT molecular complexity index is 347. The Kier molecular flexibility index (Phi) is 2.54. The molecule has 2 rings (SSSR count). The molecule has 3 nitrogen and oxygen atoms in total. The van der Waals surface area contributed by atoms with Gasteiger partial charge in [-0.2, -0.15) is 0 Å². The van der Waals surface area contributed by atoms with Crippen molar-refractivity contribution in [3.8, 4) is 17.2 Å². The maximum absolute atomic E-state index is 9.33. The zero-order valence-corrected chi connectivity index (χ0v) is 9.37. The minimum Gasteiger partial charge on any atom is -0.508 e. The largest absolute Gasteiger partial charge is 0.508 e. The van der Waals surface area contributed by atoms with Gasteiger partial charge in [0.2, 0.25) is 0 Å². The van der Waals surface area contributed by atoms with E-state index in [-0.39, 0.29) is 5.75 Å². The fourth-order valence-electron chi connectivity index (χ4n) is 1.17. The summed E-state index contributed by atoms with van der Waals surface area (Å²) in [5, 5.41) is 9.33. The molecule has 0 bridgehead atoms. The standard InChI is InChI=1S/C10H11BrO3/c1-13-9-5-6(12)4-8(11)10(9)14-7-2-3-7/h4-5,7,12H,2-3H2,1H3. The van der Waals surface area contributed by atoms with Gasteiger partial charge in [0.25, 0.3) is 0 Å². The molecule has 0 radical (unpaired) electrons. The van der Waals surface area contributed by atoms with Crippen molar-refractivity contribution in [2.75, 3.05) is 7.11 Å². The van der Waals surface area contributed by atoms with Gasteiger partial charge in [0.05, 0.1) is 17.7 Å². The highest BCUT2D eigenvalue weighted by Gasteiger charge is 2.26. The fourth-order valence-corrected chi connectivity index (χ4v) is 1.70. The van der Waals surface area contributed by atoms with Gasteiger partial charge in [0.1, 0.15) is 5.75 Å². The number of phenolic OH excluding ortho intramolecular Hbond substituents is 1. The van der Waals surface area contributed by atoms with Gasteiger partial charge in [-0.1, -0.05) is 0 Å². The van der Waals surface area contributed by atoms with Crippen molar-refractivity contribution in [3.05, 3.63) is 16.6 Å². The minimum atomic E-state index is 0.164. The molecular formula is C10H11BrO3. The molecule has 0 saturated heterocycles. The number of halogens is 1. The molecule has 1 aliphatic rings. The number of hydrogen-bond acceptors (Lipinski definition) is 3. The van der Waals surface area contributed by atoms with Crippen molar-refractivity contribution < 1.29 is 14.6 Å². The predicted molar refractivity (Wildman–Crippen MR) is 56.0 cm³/mol. The number of methoxy groups -OCH3 is 1. The average Bonchev–Trinajstić information content (AvgIpc) is 2.93. The van der Waals surface area contributed by atoms with Crippen molar-refractivity contribution in [2.24, 2.45) is 0 Å². The Morgan fingerprint density at radius 1 is 1.43 bits per heavy atom. The lowest BCUT2D eigenvalue weighted by Gasteiger charge is -2.12. The summed E-state index contributed by atoms with van der Waals surface area (Å²) in [7, 11) is 1.56. The third-order valence-corrected chi connectivity index (χ3v) is 2.61. The maximum atomic E-state index is 9.33. The number of benzene rings is 1. The lowest BCUT2D eigenvalue weighted by molar-refractivity contribution is 0.279. The topological polar surface area (TPSA) is 38.7 Å².